The van der Waals surface area contributed by atoms with Gasteiger partial charge in [-0.25, -0.2) is 0 Å². The highest BCUT2D eigenvalue weighted by Gasteiger charge is 2.22. The highest BCUT2D eigenvalue weighted by Crippen LogP contribution is 2.42. The normalized spacial score (nSPS) is 11.0. The molecule has 0 unspecified atom stereocenters. The molecule has 0 aliphatic heterocycles. The van der Waals surface area contributed by atoms with Crippen molar-refractivity contribution in [1.29, 1.82) is 0 Å². The van der Waals surface area contributed by atoms with Crippen LogP contribution >= 0.6 is 39.1 Å². The second kappa shape index (κ2) is 5.40. The fraction of sp³-hybridized carbons (Fsp3) is 0.0714. The summed E-state index contributed by atoms with van der Waals surface area (Å²) in [5, 5.41) is 5.55. The molecule has 0 spiro atoms. The fourth-order valence-corrected chi connectivity index (χ4v) is 3.08. The first-order valence-electron chi connectivity index (χ1n) is 6.00. The van der Waals surface area contributed by atoms with Crippen LogP contribution < -0.4 is 5.73 Å². The average molecular weight is 387 g/mol. The Labute approximate surface area is 139 Å². The Morgan fingerprint density at radius 1 is 1.24 bits per heavy atom. The van der Waals surface area contributed by atoms with Gasteiger partial charge in [0.15, 0.2) is 4.67 Å². The van der Waals surface area contributed by atoms with Crippen LogP contribution in [-0.4, -0.2) is 9.78 Å². The number of halogens is 3. The zero-order chi connectivity index (χ0) is 15.1. The van der Waals surface area contributed by atoms with Crippen LogP contribution in [0.4, 0.5) is 5.82 Å². The number of furan rings is 1. The number of hydrogen-bond donors (Lipinski definition) is 1. The Hall–Kier alpha value is -1.43. The molecule has 2 heterocycles. The van der Waals surface area contributed by atoms with E-state index >= 15 is 0 Å². The van der Waals surface area contributed by atoms with Gasteiger partial charge in [-0.15, -0.1) is 0 Å². The van der Waals surface area contributed by atoms with Gasteiger partial charge in [-0.1, -0.05) is 29.3 Å². The standard InChI is InChI=1S/C14H10BrCl2N3O/c1-20-14(18)11(8-3-2-7(16)6-10(8)17)12(19-20)9-4-5-21-13(9)15/h2-6H,18H2,1H3. The summed E-state index contributed by atoms with van der Waals surface area (Å²) < 4.78 is 7.48. The minimum absolute atomic E-state index is 0.516. The molecule has 0 aliphatic carbocycles. The topological polar surface area (TPSA) is 57.0 Å². The molecule has 2 N–H and O–H groups in total. The summed E-state index contributed by atoms with van der Waals surface area (Å²) in [5.74, 6) is 0.516. The molecule has 21 heavy (non-hydrogen) atoms. The van der Waals surface area contributed by atoms with Gasteiger partial charge in [0.25, 0.3) is 0 Å². The minimum atomic E-state index is 0.516. The van der Waals surface area contributed by atoms with Crippen LogP contribution in [0.2, 0.25) is 10.0 Å². The van der Waals surface area contributed by atoms with E-state index in [1.165, 1.54) is 0 Å². The smallest absolute Gasteiger partial charge is 0.178 e. The Morgan fingerprint density at radius 3 is 2.62 bits per heavy atom. The minimum Gasteiger partial charge on any atom is -0.457 e. The van der Waals surface area contributed by atoms with Crippen LogP contribution in [0.3, 0.4) is 0 Å². The number of rotatable bonds is 2. The number of hydrogen-bond acceptors (Lipinski definition) is 3. The van der Waals surface area contributed by atoms with Crippen LogP contribution in [0.5, 0.6) is 0 Å². The molecule has 0 fully saturated rings. The highest BCUT2D eigenvalue weighted by molar-refractivity contribution is 9.10. The van der Waals surface area contributed by atoms with Crippen LogP contribution in [0.1, 0.15) is 0 Å². The molecule has 0 saturated carbocycles. The molecule has 7 heteroatoms. The van der Waals surface area contributed by atoms with E-state index in [0.717, 1.165) is 16.7 Å². The molecule has 108 valence electrons. The summed E-state index contributed by atoms with van der Waals surface area (Å²) in [4.78, 5) is 0. The monoisotopic (exact) mass is 385 g/mol. The van der Waals surface area contributed by atoms with Crippen molar-refractivity contribution in [3.05, 3.63) is 45.2 Å². The number of anilines is 1. The molecule has 2 aromatic heterocycles. The lowest BCUT2D eigenvalue weighted by atomic mass is 10.0. The number of aromatic nitrogens is 2. The second-order valence-electron chi connectivity index (χ2n) is 4.46. The average Bonchev–Trinajstić information content (AvgIpc) is 2.96. The molecule has 0 atom stereocenters. The van der Waals surface area contributed by atoms with E-state index < -0.39 is 0 Å². The number of aryl methyl sites for hydroxylation is 1. The summed E-state index contributed by atoms with van der Waals surface area (Å²) in [5.41, 5.74) is 9.19. The van der Waals surface area contributed by atoms with Crippen LogP contribution in [0.15, 0.2) is 39.6 Å². The second-order valence-corrected chi connectivity index (χ2v) is 6.03. The lowest BCUT2D eigenvalue weighted by Gasteiger charge is -2.06. The van der Waals surface area contributed by atoms with Crippen LogP contribution in [0, 0.1) is 0 Å². The first-order chi connectivity index (χ1) is 9.99. The largest absolute Gasteiger partial charge is 0.457 e. The van der Waals surface area contributed by atoms with E-state index in [2.05, 4.69) is 21.0 Å². The van der Waals surface area contributed by atoms with Crippen molar-refractivity contribution in [3.63, 3.8) is 0 Å². The molecule has 0 bridgehead atoms. The first kappa shape index (κ1) is 14.5. The van der Waals surface area contributed by atoms with Gasteiger partial charge in [0.2, 0.25) is 0 Å². The molecule has 4 nitrogen and oxygen atoms in total. The van der Waals surface area contributed by atoms with Crippen molar-refractivity contribution in [2.45, 2.75) is 0 Å². The maximum absolute atomic E-state index is 6.31. The Bertz CT molecular complexity index is 826. The van der Waals surface area contributed by atoms with Crippen molar-refractivity contribution in [2.24, 2.45) is 7.05 Å². The zero-order valence-electron chi connectivity index (χ0n) is 10.9. The van der Waals surface area contributed by atoms with E-state index in [4.69, 9.17) is 33.4 Å². The van der Waals surface area contributed by atoms with Crippen molar-refractivity contribution in [2.75, 3.05) is 5.73 Å². The highest BCUT2D eigenvalue weighted by atomic mass is 79.9. The van der Waals surface area contributed by atoms with Crippen molar-refractivity contribution in [3.8, 4) is 22.4 Å². The summed E-state index contributed by atoms with van der Waals surface area (Å²) in [6.45, 7) is 0. The van der Waals surface area contributed by atoms with Gasteiger partial charge >= 0.3 is 0 Å². The number of benzene rings is 1. The molecule has 0 saturated heterocycles. The number of nitrogens with two attached hydrogens (primary N) is 1. The lowest BCUT2D eigenvalue weighted by Crippen LogP contribution is -1.98. The molecule has 0 aliphatic rings. The Kier molecular flexibility index (Phi) is 3.73. The van der Waals surface area contributed by atoms with Crippen LogP contribution in [0.25, 0.3) is 22.4 Å². The van der Waals surface area contributed by atoms with Gasteiger partial charge in [0, 0.05) is 17.6 Å². The Morgan fingerprint density at radius 2 is 2.00 bits per heavy atom. The van der Waals surface area contributed by atoms with E-state index in [9.17, 15) is 0 Å². The third kappa shape index (κ3) is 2.46. The van der Waals surface area contributed by atoms with Crippen molar-refractivity contribution < 1.29 is 4.42 Å². The van der Waals surface area contributed by atoms with Gasteiger partial charge < -0.3 is 10.2 Å². The number of nitrogens with zero attached hydrogens (tertiary/aromatic N) is 2. The lowest BCUT2D eigenvalue weighted by molar-refractivity contribution is 0.542. The third-order valence-corrected chi connectivity index (χ3v) is 4.33. The fourth-order valence-electron chi connectivity index (χ4n) is 2.15. The molecule has 3 aromatic rings. The van der Waals surface area contributed by atoms with Gasteiger partial charge in [0.05, 0.1) is 22.4 Å². The molecular formula is C14H10BrCl2N3O. The van der Waals surface area contributed by atoms with Gasteiger partial charge in [-0.2, -0.15) is 5.10 Å². The number of nitrogen functional groups attached to an aromatic ring is 1. The summed E-state index contributed by atoms with van der Waals surface area (Å²) in [6.07, 6.45) is 1.58. The van der Waals surface area contributed by atoms with E-state index in [-0.39, 0.29) is 0 Å². The molecule has 0 radical (unpaired) electrons. The van der Waals surface area contributed by atoms with Crippen molar-refractivity contribution >= 4 is 44.9 Å². The summed E-state index contributed by atoms with van der Waals surface area (Å²) >= 11 is 15.6. The van der Waals surface area contributed by atoms with Gasteiger partial charge in [-0.3, -0.25) is 4.68 Å². The van der Waals surface area contributed by atoms with Gasteiger partial charge in [0.1, 0.15) is 11.5 Å². The van der Waals surface area contributed by atoms with E-state index in [0.29, 0.717) is 26.2 Å². The Balaban J connectivity index is 2.30. The van der Waals surface area contributed by atoms with Crippen LogP contribution in [-0.2, 0) is 7.05 Å². The quantitative estimate of drug-likeness (QED) is 0.674. The first-order valence-corrected chi connectivity index (χ1v) is 7.55. The predicted molar refractivity (Wildman–Crippen MR) is 88.5 cm³/mol. The SMILES string of the molecule is Cn1nc(-c2ccoc2Br)c(-c2ccc(Cl)cc2Cl)c1N. The molecule has 3 rings (SSSR count). The van der Waals surface area contributed by atoms with Gasteiger partial charge in [-0.05, 0) is 34.1 Å². The molecular weight excluding hydrogens is 377 g/mol. The predicted octanol–water partition coefficient (Wildman–Crippen LogP) is 5.00. The van der Waals surface area contributed by atoms with E-state index in [1.807, 2.05) is 12.1 Å². The van der Waals surface area contributed by atoms with Crippen molar-refractivity contribution in [1.82, 2.24) is 9.78 Å². The summed E-state index contributed by atoms with van der Waals surface area (Å²) in [7, 11) is 1.78. The maximum atomic E-state index is 6.31. The van der Waals surface area contributed by atoms with E-state index in [1.54, 1.807) is 30.1 Å². The third-order valence-electron chi connectivity index (χ3n) is 3.17. The molecule has 1 aromatic carbocycles. The summed E-state index contributed by atoms with van der Waals surface area (Å²) in [6, 6.07) is 7.09. The molecule has 0 amide bonds. The maximum Gasteiger partial charge on any atom is 0.178 e. The zero-order valence-corrected chi connectivity index (χ0v) is 14.0.